The minimum atomic E-state index is -1.06. The smallest absolute Gasteiger partial charge is 0.326 e. The number of aliphatic carboxylic acids is 1. The van der Waals surface area contributed by atoms with Gasteiger partial charge in [-0.15, -0.1) is 0 Å². The van der Waals surface area contributed by atoms with Gasteiger partial charge in [0.15, 0.2) is 0 Å². The molecule has 31 heavy (non-hydrogen) atoms. The van der Waals surface area contributed by atoms with Gasteiger partial charge in [-0.1, -0.05) is 38.1 Å². The van der Waals surface area contributed by atoms with Gasteiger partial charge in [-0.3, -0.25) is 4.90 Å². The van der Waals surface area contributed by atoms with Crippen LogP contribution in [0.15, 0.2) is 48.5 Å². The largest absolute Gasteiger partial charge is 0.480 e. The van der Waals surface area contributed by atoms with E-state index in [2.05, 4.69) is 10.2 Å². The average Bonchev–Trinajstić information content (AvgIpc) is 2.74. The van der Waals surface area contributed by atoms with Gasteiger partial charge in [0.05, 0.1) is 6.04 Å². The zero-order valence-electron chi connectivity index (χ0n) is 17.6. The molecule has 0 aliphatic carbocycles. The summed E-state index contributed by atoms with van der Waals surface area (Å²) in [6.45, 7) is 5.38. The van der Waals surface area contributed by atoms with Crippen molar-refractivity contribution in [3.05, 3.63) is 71.3 Å². The molecule has 6 nitrogen and oxygen atoms in total. The number of nitrogens with one attached hydrogen (secondary N) is 1. The number of urea groups is 1. The molecule has 1 aliphatic rings. The Bertz CT molecular complexity index is 850. The Morgan fingerprint density at radius 2 is 1.32 bits per heavy atom. The van der Waals surface area contributed by atoms with Crippen molar-refractivity contribution in [3.63, 3.8) is 0 Å². The molecule has 166 valence electrons. The number of amides is 2. The second-order valence-corrected chi connectivity index (χ2v) is 8.04. The minimum absolute atomic E-state index is 0.214. The van der Waals surface area contributed by atoms with Crippen molar-refractivity contribution >= 4 is 12.0 Å². The van der Waals surface area contributed by atoms with Gasteiger partial charge >= 0.3 is 12.0 Å². The van der Waals surface area contributed by atoms with Gasteiger partial charge in [-0.25, -0.2) is 18.4 Å². The molecule has 2 N–H and O–H groups in total. The number of nitrogens with zero attached hydrogens (tertiary/aromatic N) is 2. The third kappa shape index (κ3) is 5.58. The first kappa shape index (κ1) is 22.7. The first-order valence-electron chi connectivity index (χ1n) is 10.3. The molecule has 2 aromatic rings. The summed E-state index contributed by atoms with van der Waals surface area (Å²) < 4.78 is 26.9. The Labute approximate surface area is 180 Å². The summed E-state index contributed by atoms with van der Waals surface area (Å²) in [5.41, 5.74) is 1.74. The molecular formula is C23H27F2N3O3. The molecule has 1 fully saturated rings. The van der Waals surface area contributed by atoms with E-state index >= 15 is 0 Å². The first-order chi connectivity index (χ1) is 14.8. The van der Waals surface area contributed by atoms with Crippen LogP contribution in [0.1, 0.15) is 31.0 Å². The van der Waals surface area contributed by atoms with Gasteiger partial charge in [0.25, 0.3) is 0 Å². The lowest BCUT2D eigenvalue weighted by molar-refractivity contribution is -0.140. The van der Waals surface area contributed by atoms with E-state index in [4.69, 9.17) is 0 Å². The number of benzene rings is 2. The van der Waals surface area contributed by atoms with Crippen LogP contribution >= 0.6 is 0 Å². The third-order valence-electron chi connectivity index (χ3n) is 5.55. The van der Waals surface area contributed by atoms with Crippen molar-refractivity contribution in [1.82, 2.24) is 15.1 Å². The van der Waals surface area contributed by atoms with Crippen LogP contribution in [0.5, 0.6) is 0 Å². The fourth-order valence-corrected chi connectivity index (χ4v) is 3.83. The molecule has 1 saturated heterocycles. The zero-order valence-corrected chi connectivity index (χ0v) is 17.6. The number of carboxylic acids is 1. The lowest BCUT2D eigenvalue weighted by Gasteiger charge is -2.40. The Hall–Kier alpha value is -3.00. The first-order valence-corrected chi connectivity index (χ1v) is 10.3. The average molecular weight is 431 g/mol. The summed E-state index contributed by atoms with van der Waals surface area (Å²) in [6.07, 6.45) is 0. The molecule has 2 amide bonds. The van der Waals surface area contributed by atoms with E-state index in [1.165, 1.54) is 24.3 Å². The lowest BCUT2D eigenvalue weighted by atomic mass is 9.96. The highest BCUT2D eigenvalue weighted by atomic mass is 19.1. The standard InChI is InChI=1S/C23H27F2N3O3/c1-15(2)20(22(29)30)26-23(31)28-13-11-27(12-14-28)21(16-3-7-18(24)8-4-16)17-5-9-19(25)10-6-17/h3-10,15,20-21H,11-14H2,1-2H3,(H,26,31)(H,29,30). The predicted octanol–water partition coefficient (Wildman–Crippen LogP) is 3.49. The van der Waals surface area contributed by atoms with Crippen molar-refractivity contribution in [2.75, 3.05) is 26.2 Å². The normalized spacial score (nSPS) is 15.9. The second kappa shape index (κ2) is 9.87. The van der Waals surface area contributed by atoms with Crippen LogP contribution in [0.2, 0.25) is 0 Å². The van der Waals surface area contributed by atoms with Crippen LogP contribution in [0, 0.1) is 17.6 Å². The minimum Gasteiger partial charge on any atom is -0.480 e. The predicted molar refractivity (Wildman–Crippen MR) is 113 cm³/mol. The van der Waals surface area contributed by atoms with Gasteiger partial charge < -0.3 is 15.3 Å². The Morgan fingerprint density at radius 1 is 0.871 bits per heavy atom. The maximum atomic E-state index is 13.4. The van der Waals surface area contributed by atoms with Gasteiger partial charge in [-0.2, -0.15) is 0 Å². The van der Waals surface area contributed by atoms with Crippen molar-refractivity contribution in [3.8, 4) is 0 Å². The summed E-state index contributed by atoms with van der Waals surface area (Å²) in [5.74, 6) is -1.96. The molecule has 1 aliphatic heterocycles. The zero-order chi connectivity index (χ0) is 22.5. The Kier molecular flexibility index (Phi) is 7.22. The SMILES string of the molecule is CC(C)C(NC(=O)N1CCN(C(c2ccc(F)cc2)c2ccc(F)cc2)CC1)C(=O)O. The molecule has 0 saturated carbocycles. The van der Waals surface area contributed by atoms with Gasteiger partial charge in [0.2, 0.25) is 0 Å². The van der Waals surface area contributed by atoms with E-state index in [0.29, 0.717) is 26.2 Å². The highest BCUT2D eigenvalue weighted by Gasteiger charge is 2.31. The summed E-state index contributed by atoms with van der Waals surface area (Å²) in [5, 5.41) is 11.9. The number of carbonyl (C=O) groups is 2. The van der Waals surface area contributed by atoms with E-state index in [9.17, 15) is 23.5 Å². The van der Waals surface area contributed by atoms with E-state index < -0.39 is 18.0 Å². The maximum Gasteiger partial charge on any atom is 0.326 e. The number of hydrogen-bond acceptors (Lipinski definition) is 3. The summed E-state index contributed by atoms with van der Waals surface area (Å²) in [4.78, 5) is 27.7. The molecule has 1 heterocycles. The molecule has 3 rings (SSSR count). The number of hydrogen-bond donors (Lipinski definition) is 2. The lowest BCUT2D eigenvalue weighted by Crippen LogP contribution is -2.56. The van der Waals surface area contributed by atoms with Crippen molar-refractivity contribution in [2.45, 2.75) is 25.9 Å². The number of rotatable bonds is 6. The van der Waals surface area contributed by atoms with Gasteiger partial charge in [-0.05, 0) is 41.3 Å². The molecule has 8 heteroatoms. The topological polar surface area (TPSA) is 72.9 Å². The second-order valence-electron chi connectivity index (χ2n) is 8.04. The highest BCUT2D eigenvalue weighted by molar-refractivity contribution is 5.82. The highest BCUT2D eigenvalue weighted by Crippen LogP contribution is 2.30. The maximum absolute atomic E-state index is 13.4. The van der Waals surface area contributed by atoms with Crippen LogP contribution < -0.4 is 5.32 Å². The molecular weight excluding hydrogens is 404 g/mol. The van der Waals surface area contributed by atoms with E-state index in [-0.39, 0.29) is 23.6 Å². The van der Waals surface area contributed by atoms with E-state index in [0.717, 1.165) is 11.1 Å². The number of carboxylic acid groups (broad SMARTS) is 1. The summed E-state index contributed by atoms with van der Waals surface area (Å²) in [7, 11) is 0. The molecule has 0 bridgehead atoms. The van der Waals surface area contributed by atoms with Gasteiger partial charge in [0, 0.05) is 26.2 Å². The quantitative estimate of drug-likeness (QED) is 0.735. The van der Waals surface area contributed by atoms with Crippen molar-refractivity contribution < 1.29 is 23.5 Å². The summed E-state index contributed by atoms with van der Waals surface area (Å²) in [6, 6.07) is 10.9. The Morgan fingerprint density at radius 3 is 1.71 bits per heavy atom. The number of halogens is 2. The van der Waals surface area contributed by atoms with Crippen LogP contribution in [0.25, 0.3) is 0 Å². The van der Waals surface area contributed by atoms with Crippen LogP contribution in [0.4, 0.5) is 13.6 Å². The molecule has 0 aromatic heterocycles. The fraction of sp³-hybridized carbons (Fsp3) is 0.391. The van der Waals surface area contributed by atoms with Crippen LogP contribution in [-0.4, -0.2) is 59.1 Å². The van der Waals surface area contributed by atoms with Crippen LogP contribution in [0.3, 0.4) is 0 Å². The number of piperazine rings is 1. The molecule has 1 atom stereocenters. The fourth-order valence-electron chi connectivity index (χ4n) is 3.83. The monoisotopic (exact) mass is 431 g/mol. The van der Waals surface area contributed by atoms with E-state index in [1.807, 2.05) is 0 Å². The molecule has 0 radical (unpaired) electrons. The van der Waals surface area contributed by atoms with Crippen LogP contribution in [-0.2, 0) is 4.79 Å². The molecule has 1 unspecified atom stereocenters. The van der Waals surface area contributed by atoms with Crippen molar-refractivity contribution in [2.24, 2.45) is 5.92 Å². The third-order valence-corrected chi connectivity index (χ3v) is 5.55. The molecule has 0 spiro atoms. The number of carbonyl (C=O) groups excluding carboxylic acids is 1. The van der Waals surface area contributed by atoms with Gasteiger partial charge in [0.1, 0.15) is 17.7 Å². The molecule has 2 aromatic carbocycles. The summed E-state index contributed by atoms with van der Waals surface area (Å²) >= 11 is 0. The Balaban J connectivity index is 1.73. The van der Waals surface area contributed by atoms with Crippen molar-refractivity contribution in [1.29, 1.82) is 0 Å². The van der Waals surface area contributed by atoms with E-state index in [1.54, 1.807) is 43.0 Å².